The fourth-order valence-corrected chi connectivity index (χ4v) is 2.74. The van der Waals surface area contributed by atoms with Crippen molar-refractivity contribution in [2.24, 2.45) is 0 Å². The zero-order valence-electron chi connectivity index (χ0n) is 10.9. The molecule has 2 heterocycles. The van der Waals surface area contributed by atoms with Gasteiger partial charge in [-0.05, 0) is 12.1 Å². The number of para-hydroxylation sites is 1. The van der Waals surface area contributed by atoms with Crippen LogP contribution in [0.4, 0.5) is 0 Å². The zero-order chi connectivity index (χ0) is 13.2. The lowest BCUT2D eigenvalue weighted by Gasteiger charge is -2.07. The molecule has 1 N–H and O–H groups in total. The predicted octanol–water partition coefficient (Wildman–Crippen LogP) is 2.38. The van der Waals surface area contributed by atoms with E-state index in [-0.39, 0.29) is 0 Å². The molecule has 0 fully saturated rings. The number of aromatic nitrogens is 4. The number of hydrogen-bond acceptors (Lipinski definition) is 5. The molecule has 2 aromatic heterocycles. The molecule has 6 heteroatoms. The van der Waals surface area contributed by atoms with Crippen LogP contribution < -0.4 is 5.32 Å². The summed E-state index contributed by atoms with van der Waals surface area (Å²) in [4.78, 5) is 8.88. The first-order valence-corrected chi connectivity index (χ1v) is 7.04. The minimum Gasteiger partial charge on any atom is -0.308 e. The summed E-state index contributed by atoms with van der Waals surface area (Å²) in [5, 5.41) is 8.48. The van der Waals surface area contributed by atoms with Crippen molar-refractivity contribution in [1.82, 2.24) is 25.1 Å². The molecular weight excluding hydrogens is 258 g/mol. The summed E-state index contributed by atoms with van der Waals surface area (Å²) >= 11 is 1.62. The van der Waals surface area contributed by atoms with Crippen molar-refractivity contribution >= 4 is 21.6 Å². The number of thiazole rings is 1. The van der Waals surface area contributed by atoms with Gasteiger partial charge in [0.2, 0.25) is 5.13 Å². The predicted molar refractivity (Wildman–Crippen MR) is 76.5 cm³/mol. The Morgan fingerprint density at radius 1 is 1.32 bits per heavy atom. The molecular formula is C13H15N5S. The van der Waals surface area contributed by atoms with Crippen LogP contribution in [0.15, 0.2) is 30.6 Å². The van der Waals surface area contributed by atoms with Crippen molar-refractivity contribution in [3.8, 4) is 5.13 Å². The molecule has 0 spiro atoms. The van der Waals surface area contributed by atoms with Gasteiger partial charge in [-0.25, -0.2) is 9.97 Å². The maximum Gasteiger partial charge on any atom is 0.213 e. The third-order valence-corrected chi connectivity index (χ3v) is 3.76. The van der Waals surface area contributed by atoms with Crippen molar-refractivity contribution < 1.29 is 0 Å². The van der Waals surface area contributed by atoms with Crippen molar-refractivity contribution in [3.63, 3.8) is 0 Å². The summed E-state index contributed by atoms with van der Waals surface area (Å²) in [6, 6.07) is 8.51. The van der Waals surface area contributed by atoms with Gasteiger partial charge >= 0.3 is 0 Å². The molecule has 0 atom stereocenters. The average Bonchev–Trinajstić information content (AvgIpc) is 3.02. The van der Waals surface area contributed by atoms with Crippen LogP contribution in [0.25, 0.3) is 15.3 Å². The monoisotopic (exact) mass is 273 g/mol. The molecule has 3 rings (SSSR count). The van der Waals surface area contributed by atoms with E-state index < -0.39 is 0 Å². The van der Waals surface area contributed by atoms with Gasteiger partial charge in [-0.3, -0.25) is 0 Å². The largest absolute Gasteiger partial charge is 0.308 e. The van der Waals surface area contributed by atoms with E-state index in [2.05, 4.69) is 40.3 Å². The van der Waals surface area contributed by atoms with Gasteiger partial charge in [0, 0.05) is 6.04 Å². The quantitative estimate of drug-likeness (QED) is 0.793. The van der Waals surface area contributed by atoms with E-state index in [4.69, 9.17) is 0 Å². The van der Waals surface area contributed by atoms with E-state index in [1.165, 1.54) is 0 Å². The first kappa shape index (κ1) is 12.3. The molecule has 3 aromatic rings. The Morgan fingerprint density at radius 3 is 2.95 bits per heavy atom. The molecule has 0 saturated carbocycles. The standard InChI is InChI=1S/C13H15N5S/c1-9(2)14-7-12-15-8-16-18(12)13-17-10-5-3-4-6-11(10)19-13/h3-6,8-9,14H,7H2,1-2H3. The van der Waals surface area contributed by atoms with Gasteiger partial charge in [0.1, 0.15) is 12.2 Å². The molecule has 0 aliphatic heterocycles. The van der Waals surface area contributed by atoms with Gasteiger partial charge in [0.15, 0.2) is 0 Å². The minimum absolute atomic E-state index is 0.417. The van der Waals surface area contributed by atoms with E-state index in [0.717, 1.165) is 21.2 Å². The van der Waals surface area contributed by atoms with Crippen LogP contribution in [0, 0.1) is 0 Å². The Bertz CT molecular complexity index is 652. The molecule has 0 bridgehead atoms. The number of nitrogens with zero attached hydrogens (tertiary/aromatic N) is 4. The van der Waals surface area contributed by atoms with Gasteiger partial charge < -0.3 is 5.32 Å². The molecule has 0 unspecified atom stereocenters. The van der Waals surface area contributed by atoms with Gasteiger partial charge in [0.25, 0.3) is 0 Å². The van der Waals surface area contributed by atoms with E-state index >= 15 is 0 Å². The SMILES string of the molecule is CC(C)NCc1ncnn1-c1nc2ccccc2s1. The van der Waals surface area contributed by atoms with E-state index in [1.807, 2.05) is 18.2 Å². The van der Waals surface area contributed by atoms with Crippen LogP contribution in [0.1, 0.15) is 19.7 Å². The molecule has 98 valence electrons. The molecule has 1 aromatic carbocycles. The molecule has 0 amide bonds. The fourth-order valence-electron chi connectivity index (χ4n) is 1.79. The third kappa shape index (κ3) is 2.50. The number of hydrogen-bond donors (Lipinski definition) is 1. The molecule has 0 saturated heterocycles. The number of nitrogens with one attached hydrogen (secondary N) is 1. The summed E-state index contributed by atoms with van der Waals surface area (Å²) < 4.78 is 2.97. The van der Waals surface area contributed by atoms with Crippen LogP contribution in [0.2, 0.25) is 0 Å². The summed E-state index contributed by atoms with van der Waals surface area (Å²) in [5.41, 5.74) is 1.00. The van der Waals surface area contributed by atoms with Gasteiger partial charge in [-0.2, -0.15) is 9.78 Å². The summed E-state index contributed by atoms with van der Waals surface area (Å²) in [7, 11) is 0. The highest BCUT2D eigenvalue weighted by Gasteiger charge is 2.11. The normalized spacial score (nSPS) is 11.5. The molecule has 0 aliphatic rings. The lowest BCUT2D eigenvalue weighted by atomic mass is 10.3. The van der Waals surface area contributed by atoms with Crippen molar-refractivity contribution in [1.29, 1.82) is 0 Å². The van der Waals surface area contributed by atoms with Gasteiger partial charge in [-0.15, -0.1) is 0 Å². The lowest BCUT2D eigenvalue weighted by Crippen LogP contribution is -2.24. The van der Waals surface area contributed by atoms with E-state index in [9.17, 15) is 0 Å². The summed E-state index contributed by atoms with van der Waals surface area (Å²) in [6.07, 6.45) is 1.57. The van der Waals surface area contributed by atoms with Crippen LogP contribution in [0.5, 0.6) is 0 Å². The van der Waals surface area contributed by atoms with Crippen molar-refractivity contribution in [2.75, 3.05) is 0 Å². The first-order chi connectivity index (χ1) is 9.24. The number of fused-ring (bicyclic) bond motifs is 1. The lowest BCUT2D eigenvalue weighted by molar-refractivity contribution is 0.563. The smallest absolute Gasteiger partial charge is 0.213 e. The topological polar surface area (TPSA) is 55.6 Å². The van der Waals surface area contributed by atoms with Crippen molar-refractivity contribution in [2.45, 2.75) is 26.4 Å². The van der Waals surface area contributed by atoms with Crippen LogP contribution in [0.3, 0.4) is 0 Å². The molecule has 0 aliphatic carbocycles. The second kappa shape index (κ2) is 5.07. The highest BCUT2D eigenvalue weighted by molar-refractivity contribution is 7.20. The van der Waals surface area contributed by atoms with E-state index in [0.29, 0.717) is 12.6 Å². The second-order valence-electron chi connectivity index (χ2n) is 4.59. The second-order valence-corrected chi connectivity index (χ2v) is 5.60. The Hall–Kier alpha value is -1.79. The maximum atomic E-state index is 4.59. The van der Waals surface area contributed by atoms with Gasteiger partial charge in [0.05, 0.1) is 16.8 Å². The Morgan fingerprint density at radius 2 is 2.16 bits per heavy atom. The zero-order valence-corrected chi connectivity index (χ0v) is 11.7. The Kier molecular flexibility index (Phi) is 3.27. The minimum atomic E-state index is 0.417. The van der Waals surface area contributed by atoms with Crippen LogP contribution >= 0.6 is 11.3 Å². The van der Waals surface area contributed by atoms with Crippen molar-refractivity contribution in [3.05, 3.63) is 36.4 Å². The highest BCUT2D eigenvalue weighted by Crippen LogP contribution is 2.24. The first-order valence-electron chi connectivity index (χ1n) is 6.22. The Balaban J connectivity index is 1.95. The fraction of sp³-hybridized carbons (Fsp3) is 0.308. The number of rotatable bonds is 4. The maximum absolute atomic E-state index is 4.59. The molecule has 5 nitrogen and oxygen atoms in total. The molecule has 19 heavy (non-hydrogen) atoms. The third-order valence-electron chi connectivity index (χ3n) is 2.75. The van der Waals surface area contributed by atoms with Gasteiger partial charge in [-0.1, -0.05) is 37.3 Å². The van der Waals surface area contributed by atoms with Crippen LogP contribution in [-0.2, 0) is 6.54 Å². The highest BCUT2D eigenvalue weighted by atomic mass is 32.1. The summed E-state index contributed by atoms with van der Waals surface area (Å²) in [6.45, 7) is 4.91. The molecule has 0 radical (unpaired) electrons. The average molecular weight is 273 g/mol. The number of benzene rings is 1. The van der Waals surface area contributed by atoms with E-state index in [1.54, 1.807) is 22.3 Å². The Labute approximate surface area is 115 Å². The van der Waals surface area contributed by atoms with Crippen LogP contribution in [-0.4, -0.2) is 25.8 Å². The summed E-state index contributed by atoms with van der Waals surface area (Å²) in [5.74, 6) is 0.882.